The van der Waals surface area contributed by atoms with Gasteiger partial charge in [0.05, 0.1) is 5.39 Å². The third-order valence-corrected chi connectivity index (χ3v) is 4.20. The van der Waals surface area contributed by atoms with Crippen LogP contribution in [0.2, 0.25) is 0 Å². The summed E-state index contributed by atoms with van der Waals surface area (Å²) in [6.07, 6.45) is 1.61. The molecule has 0 saturated heterocycles. The number of carbonyl (C=O) groups is 1. The normalized spacial score (nSPS) is 11.0. The van der Waals surface area contributed by atoms with E-state index in [0.717, 1.165) is 0 Å². The minimum Gasteiger partial charge on any atom is -0.325 e. The molecule has 1 amide bonds. The van der Waals surface area contributed by atoms with Crippen molar-refractivity contribution in [1.82, 2.24) is 13.7 Å². The fourth-order valence-electron chi connectivity index (χ4n) is 2.98. The number of aryl methyl sites for hydroxylation is 1. The van der Waals surface area contributed by atoms with Gasteiger partial charge in [0.15, 0.2) is 0 Å². The van der Waals surface area contributed by atoms with Gasteiger partial charge in [0, 0.05) is 25.0 Å². The maximum atomic E-state index is 12.9. The molecule has 1 N–H and O–H groups in total. The molecule has 0 atom stereocenters. The van der Waals surface area contributed by atoms with E-state index in [0.29, 0.717) is 23.3 Å². The number of nitrogens with one attached hydrogen (secondary N) is 1. The number of nitrogens with zero attached hydrogens (tertiary/aromatic N) is 3. The summed E-state index contributed by atoms with van der Waals surface area (Å²) in [6, 6.07) is 7.04. The molecule has 0 aliphatic rings. The smallest absolute Gasteiger partial charge is 0.325 e. The van der Waals surface area contributed by atoms with Crippen molar-refractivity contribution in [3.8, 4) is 0 Å². The fraction of sp³-hybridized carbons (Fsp3) is 0.278. The van der Waals surface area contributed by atoms with Crippen LogP contribution in [0.25, 0.3) is 11.0 Å². The minimum absolute atomic E-state index is 0.0735. The number of aromatic nitrogens is 3. The van der Waals surface area contributed by atoms with E-state index in [-0.39, 0.29) is 24.6 Å². The third kappa shape index (κ3) is 3.05. The number of fused-ring (bicyclic) bond motifs is 1. The monoisotopic (exact) mass is 358 g/mol. The predicted molar refractivity (Wildman–Crippen MR) is 96.8 cm³/mol. The van der Waals surface area contributed by atoms with Crippen molar-refractivity contribution < 1.29 is 9.18 Å². The number of amides is 1. The molecule has 0 fully saturated rings. The molecule has 0 radical (unpaired) electrons. The predicted octanol–water partition coefficient (Wildman–Crippen LogP) is 1.78. The van der Waals surface area contributed by atoms with Crippen LogP contribution in [0, 0.1) is 5.82 Å². The topological polar surface area (TPSA) is 78.0 Å². The summed E-state index contributed by atoms with van der Waals surface area (Å²) < 4.78 is 17.2. The molecule has 3 rings (SSSR count). The standard InChI is InChI=1S/C18H19FN4O3/c1-3-22-16-14(17(25)23(4-2)18(22)26)9-10-21(16)11-15(24)20-13-7-5-12(19)6-8-13/h5-10H,3-4,11H2,1-2H3,(H,20,24). The van der Waals surface area contributed by atoms with Gasteiger partial charge in [-0.15, -0.1) is 0 Å². The zero-order chi connectivity index (χ0) is 18.8. The Morgan fingerprint density at radius 3 is 2.31 bits per heavy atom. The quantitative estimate of drug-likeness (QED) is 0.755. The van der Waals surface area contributed by atoms with Crippen molar-refractivity contribution in [2.75, 3.05) is 5.32 Å². The molecule has 1 aromatic carbocycles. The molecule has 3 aromatic rings. The maximum Gasteiger partial charge on any atom is 0.332 e. The zero-order valence-corrected chi connectivity index (χ0v) is 14.5. The molecule has 0 spiro atoms. The Bertz CT molecular complexity index is 1080. The number of hydrogen-bond donors (Lipinski definition) is 1. The Hall–Kier alpha value is -3.16. The molecule has 0 saturated carbocycles. The lowest BCUT2D eigenvalue weighted by Gasteiger charge is -2.13. The van der Waals surface area contributed by atoms with E-state index >= 15 is 0 Å². The summed E-state index contributed by atoms with van der Waals surface area (Å²) in [7, 11) is 0. The second-order valence-electron chi connectivity index (χ2n) is 5.81. The van der Waals surface area contributed by atoms with Crippen LogP contribution < -0.4 is 16.6 Å². The highest BCUT2D eigenvalue weighted by Crippen LogP contribution is 2.12. The van der Waals surface area contributed by atoms with Gasteiger partial charge in [-0.1, -0.05) is 0 Å². The van der Waals surface area contributed by atoms with Crippen molar-refractivity contribution in [2.45, 2.75) is 33.5 Å². The van der Waals surface area contributed by atoms with E-state index in [1.807, 2.05) is 0 Å². The van der Waals surface area contributed by atoms with E-state index in [1.54, 1.807) is 30.7 Å². The van der Waals surface area contributed by atoms with Crippen LogP contribution in [0.3, 0.4) is 0 Å². The van der Waals surface area contributed by atoms with Gasteiger partial charge in [-0.3, -0.25) is 18.7 Å². The van der Waals surface area contributed by atoms with Gasteiger partial charge in [0.1, 0.15) is 18.0 Å². The number of halogens is 1. The first-order chi connectivity index (χ1) is 12.5. The number of benzene rings is 1. The second kappa shape index (κ2) is 6.99. The summed E-state index contributed by atoms with van der Waals surface area (Å²) >= 11 is 0. The first-order valence-corrected chi connectivity index (χ1v) is 8.34. The van der Waals surface area contributed by atoms with Crippen molar-refractivity contribution in [3.05, 3.63) is 63.2 Å². The molecule has 2 aromatic heterocycles. The highest BCUT2D eigenvalue weighted by Gasteiger charge is 2.16. The van der Waals surface area contributed by atoms with Crippen LogP contribution in [-0.2, 0) is 24.4 Å². The molecule has 26 heavy (non-hydrogen) atoms. The first kappa shape index (κ1) is 17.7. The summed E-state index contributed by atoms with van der Waals surface area (Å²) in [5.74, 6) is -0.734. The van der Waals surface area contributed by atoms with Crippen LogP contribution >= 0.6 is 0 Å². The van der Waals surface area contributed by atoms with Gasteiger partial charge in [0.2, 0.25) is 5.91 Å². The molecule has 0 bridgehead atoms. The van der Waals surface area contributed by atoms with Crippen LogP contribution in [-0.4, -0.2) is 19.6 Å². The molecular formula is C18H19FN4O3. The molecule has 8 heteroatoms. The fourth-order valence-corrected chi connectivity index (χ4v) is 2.98. The third-order valence-electron chi connectivity index (χ3n) is 4.20. The average Bonchev–Trinajstić information content (AvgIpc) is 3.01. The average molecular weight is 358 g/mol. The number of hydrogen-bond acceptors (Lipinski definition) is 3. The molecule has 136 valence electrons. The highest BCUT2D eigenvalue weighted by molar-refractivity contribution is 5.91. The number of anilines is 1. The van der Waals surface area contributed by atoms with E-state index in [4.69, 9.17) is 0 Å². The Labute approximate surface area is 148 Å². The van der Waals surface area contributed by atoms with Crippen molar-refractivity contribution in [1.29, 1.82) is 0 Å². The van der Waals surface area contributed by atoms with Gasteiger partial charge < -0.3 is 9.88 Å². The van der Waals surface area contributed by atoms with Crippen molar-refractivity contribution in [3.63, 3.8) is 0 Å². The molecular weight excluding hydrogens is 339 g/mol. The Kier molecular flexibility index (Phi) is 4.75. The molecule has 0 aliphatic carbocycles. The van der Waals surface area contributed by atoms with E-state index < -0.39 is 11.5 Å². The zero-order valence-electron chi connectivity index (χ0n) is 14.5. The lowest BCUT2D eigenvalue weighted by Crippen LogP contribution is -2.39. The van der Waals surface area contributed by atoms with Crippen LogP contribution in [0.1, 0.15) is 13.8 Å². The van der Waals surface area contributed by atoms with Crippen molar-refractivity contribution >= 4 is 22.6 Å². The van der Waals surface area contributed by atoms with Crippen LogP contribution in [0.15, 0.2) is 46.1 Å². The molecule has 7 nitrogen and oxygen atoms in total. The lowest BCUT2D eigenvalue weighted by molar-refractivity contribution is -0.116. The Morgan fingerprint density at radius 1 is 1.04 bits per heavy atom. The summed E-state index contributed by atoms with van der Waals surface area (Å²) in [5.41, 5.74) is 0.122. The highest BCUT2D eigenvalue weighted by atomic mass is 19.1. The van der Waals surface area contributed by atoms with Gasteiger partial charge >= 0.3 is 5.69 Å². The Morgan fingerprint density at radius 2 is 1.69 bits per heavy atom. The van der Waals surface area contributed by atoms with E-state index in [9.17, 15) is 18.8 Å². The lowest BCUT2D eigenvalue weighted by atomic mass is 10.3. The summed E-state index contributed by atoms with van der Waals surface area (Å²) in [5, 5.41) is 3.06. The number of carbonyl (C=O) groups excluding carboxylic acids is 1. The SMILES string of the molecule is CCn1c(=O)c2ccn(CC(=O)Nc3ccc(F)cc3)c2n(CC)c1=O. The first-order valence-electron chi connectivity index (χ1n) is 8.34. The Balaban J connectivity index is 1.98. The van der Waals surface area contributed by atoms with Gasteiger partial charge in [-0.25, -0.2) is 9.18 Å². The van der Waals surface area contributed by atoms with Crippen LogP contribution in [0.5, 0.6) is 0 Å². The summed E-state index contributed by atoms with van der Waals surface area (Å²) in [4.78, 5) is 37.3. The number of rotatable bonds is 5. The second-order valence-corrected chi connectivity index (χ2v) is 5.81. The van der Waals surface area contributed by atoms with E-state index in [2.05, 4.69) is 5.32 Å². The van der Waals surface area contributed by atoms with Gasteiger partial charge in [-0.05, 0) is 44.2 Å². The van der Waals surface area contributed by atoms with Crippen molar-refractivity contribution in [2.24, 2.45) is 0 Å². The molecule has 2 heterocycles. The van der Waals surface area contributed by atoms with Crippen LogP contribution in [0.4, 0.5) is 10.1 Å². The maximum absolute atomic E-state index is 12.9. The molecule has 0 unspecified atom stereocenters. The minimum atomic E-state index is -0.397. The largest absolute Gasteiger partial charge is 0.332 e. The van der Waals surface area contributed by atoms with Gasteiger partial charge in [0.25, 0.3) is 5.56 Å². The summed E-state index contributed by atoms with van der Waals surface area (Å²) in [6.45, 7) is 4.13. The molecule has 0 aliphatic heterocycles. The van der Waals surface area contributed by atoms with Gasteiger partial charge in [-0.2, -0.15) is 0 Å². The van der Waals surface area contributed by atoms with E-state index in [1.165, 1.54) is 33.4 Å².